The molecule has 3 nitrogen and oxygen atoms in total. The van der Waals surface area contributed by atoms with Gasteiger partial charge in [-0.3, -0.25) is 0 Å². The Kier molecular flexibility index (Phi) is 5.91. The molecule has 0 atom stereocenters. The largest absolute Gasteiger partial charge is 0.494 e. The van der Waals surface area contributed by atoms with Gasteiger partial charge >= 0.3 is 5.97 Å². The number of aliphatic carboxylic acids is 1. The van der Waals surface area contributed by atoms with Crippen LogP contribution >= 0.6 is 0 Å². The van der Waals surface area contributed by atoms with Gasteiger partial charge in [-0.25, -0.2) is 4.79 Å². The van der Waals surface area contributed by atoms with Crippen molar-refractivity contribution in [2.75, 3.05) is 6.61 Å². The summed E-state index contributed by atoms with van der Waals surface area (Å²) in [4.78, 5) is 10.3. The first-order valence-corrected chi connectivity index (χ1v) is 5.97. The van der Waals surface area contributed by atoms with Crippen molar-refractivity contribution in [3.05, 3.63) is 35.7 Å². The average Bonchev–Trinajstić information content (AvgIpc) is 2.36. The summed E-state index contributed by atoms with van der Waals surface area (Å²) in [6.07, 6.45) is 4.25. The van der Waals surface area contributed by atoms with E-state index in [2.05, 4.69) is 6.92 Å². The number of ether oxygens (including phenoxy) is 1. The number of hydrogen-bond acceptors (Lipinski definition) is 2. The maximum absolute atomic E-state index is 12.8. The average molecular weight is 252 g/mol. The lowest BCUT2D eigenvalue weighted by molar-refractivity contribution is -0.134. The zero-order valence-electron chi connectivity index (χ0n) is 10.4. The second-order valence-electron chi connectivity index (χ2n) is 3.92. The van der Waals surface area contributed by atoms with Gasteiger partial charge in [-0.1, -0.05) is 31.9 Å². The zero-order chi connectivity index (χ0) is 13.4. The molecule has 0 aliphatic heterocycles. The Balaban J connectivity index is 2.52. The van der Waals surface area contributed by atoms with Crippen molar-refractivity contribution in [2.24, 2.45) is 0 Å². The SMILES string of the molecule is CCCCCOc1ccc(C=C(F)C(=O)O)cc1. The molecule has 1 rings (SSSR count). The molecule has 1 aromatic carbocycles. The van der Waals surface area contributed by atoms with Gasteiger partial charge in [-0.2, -0.15) is 4.39 Å². The summed E-state index contributed by atoms with van der Waals surface area (Å²) in [6, 6.07) is 6.65. The van der Waals surface area contributed by atoms with Crippen LogP contribution in [0.25, 0.3) is 6.08 Å². The molecule has 0 saturated carbocycles. The van der Waals surface area contributed by atoms with E-state index >= 15 is 0 Å². The number of carboxylic acids is 1. The molecule has 0 fully saturated rings. The van der Waals surface area contributed by atoms with E-state index in [1.54, 1.807) is 24.3 Å². The van der Waals surface area contributed by atoms with Crippen LogP contribution in [0.5, 0.6) is 5.75 Å². The van der Waals surface area contributed by atoms with Crippen LogP contribution in [-0.2, 0) is 4.79 Å². The van der Waals surface area contributed by atoms with Gasteiger partial charge in [0.15, 0.2) is 0 Å². The molecular formula is C14H17FO3. The molecule has 18 heavy (non-hydrogen) atoms. The van der Waals surface area contributed by atoms with Crippen LogP contribution in [0.2, 0.25) is 0 Å². The van der Waals surface area contributed by atoms with Gasteiger partial charge in [0.2, 0.25) is 5.83 Å². The molecule has 0 saturated heterocycles. The molecule has 0 heterocycles. The molecule has 4 heteroatoms. The summed E-state index contributed by atoms with van der Waals surface area (Å²) in [5.74, 6) is -2.03. The summed E-state index contributed by atoms with van der Waals surface area (Å²) >= 11 is 0. The number of benzene rings is 1. The van der Waals surface area contributed by atoms with E-state index in [-0.39, 0.29) is 0 Å². The molecule has 0 bridgehead atoms. The quantitative estimate of drug-likeness (QED) is 0.595. The van der Waals surface area contributed by atoms with E-state index in [0.29, 0.717) is 17.9 Å². The predicted molar refractivity (Wildman–Crippen MR) is 68.2 cm³/mol. The number of halogens is 1. The molecule has 0 aliphatic rings. The lowest BCUT2D eigenvalue weighted by Gasteiger charge is -2.05. The van der Waals surface area contributed by atoms with Crippen molar-refractivity contribution in [1.82, 2.24) is 0 Å². The van der Waals surface area contributed by atoms with E-state index in [0.717, 1.165) is 25.3 Å². The number of hydrogen-bond donors (Lipinski definition) is 1. The van der Waals surface area contributed by atoms with Crippen molar-refractivity contribution in [3.63, 3.8) is 0 Å². The minimum Gasteiger partial charge on any atom is -0.494 e. The highest BCUT2D eigenvalue weighted by Gasteiger charge is 2.04. The van der Waals surface area contributed by atoms with Crippen LogP contribution in [-0.4, -0.2) is 17.7 Å². The van der Waals surface area contributed by atoms with E-state index in [1.165, 1.54) is 0 Å². The minimum atomic E-state index is -1.56. The third-order valence-corrected chi connectivity index (χ3v) is 2.39. The fourth-order valence-corrected chi connectivity index (χ4v) is 1.41. The topological polar surface area (TPSA) is 46.5 Å². The molecular weight excluding hydrogens is 235 g/mol. The highest BCUT2D eigenvalue weighted by Crippen LogP contribution is 2.15. The summed E-state index contributed by atoms with van der Waals surface area (Å²) in [7, 11) is 0. The minimum absolute atomic E-state index is 0.496. The van der Waals surface area contributed by atoms with E-state index < -0.39 is 11.8 Å². The number of carbonyl (C=O) groups is 1. The maximum Gasteiger partial charge on any atom is 0.364 e. The van der Waals surface area contributed by atoms with Crippen molar-refractivity contribution >= 4 is 12.0 Å². The van der Waals surface area contributed by atoms with Crippen molar-refractivity contribution < 1.29 is 19.0 Å². The van der Waals surface area contributed by atoms with E-state index in [1.807, 2.05) is 0 Å². The van der Waals surface area contributed by atoms with Crippen LogP contribution in [0.3, 0.4) is 0 Å². The Morgan fingerprint density at radius 1 is 1.33 bits per heavy atom. The molecule has 0 aliphatic carbocycles. The fourth-order valence-electron chi connectivity index (χ4n) is 1.41. The molecule has 1 N–H and O–H groups in total. The Hall–Kier alpha value is -1.84. The first-order valence-electron chi connectivity index (χ1n) is 5.97. The molecule has 0 radical (unpaired) electrons. The van der Waals surface area contributed by atoms with E-state index in [9.17, 15) is 9.18 Å². The zero-order valence-corrected chi connectivity index (χ0v) is 10.4. The number of unbranched alkanes of at least 4 members (excludes halogenated alkanes) is 2. The Bertz CT molecular complexity index is 410. The van der Waals surface area contributed by atoms with Crippen LogP contribution in [0.4, 0.5) is 4.39 Å². The van der Waals surface area contributed by atoms with Gasteiger partial charge in [0.25, 0.3) is 0 Å². The summed E-state index contributed by atoms with van der Waals surface area (Å²) in [6.45, 7) is 2.78. The molecule has 0 aromatic heterocycles. The smallest absolute Gasteiger partial charge is 0.364 e. The highest BCUT2D eigenvalue weighted by atomic mass is 19.1. The molecule has 1 aromatic rings. The summed E-state index contributed by atoms with van der Waals surface area (Å²) in [5, 5.41) is 8.40. The second-order valence-corrected chi connectivity index (χ2v) is 3.92. The highest BCUT2D eigenvalue weighted by molar-refractivity contribution is 5.89. The Morgan fingerprint density at radius 2 is 2.00 bits per heavy atom. The van der Waals surface area contributed by atoms with Crippen LogP contribution in [0.1, 0.15) is 31.7 Å². The summed E-state index contributed by atoms with van der Waals surface area (Å²) < 4.78 is 18.3. The molecule has 98 valence electrons. The van der Waals surface area contributed by atoms with E-state index in [4.69, 9.17) is 9.84 Å². The van der Waals surface area contributed by atoms with Crippen molar-refractivity contribution in [1.29, 1.82) is 0 Å². The second kappa shape index (κ2) is 7.48. The third kappa shape index (κ3) is 4.99. The first-order chi connectivity index (χ1) is 8.63. The monoisotopic (exact) mass is 252 g/mol. The molecule has 0 spiro atoms. The van der Waals surface area contributed by atoms with Gasteiger partial charge in [0, 0.05) is 0 Å². The van der Waals surface area contributed by atoms with Gasteiger partial charge in [-0.05, 0) is 30.2 Å². The van der Waals surface area contributed by atoms with Crippen LogP contribution in [0.15, 0.2) is 30.1 Å². The fraction of sp³-hybridized carbons (Fsp3) is 0.357. The van der Waals surface area contributed by atoms with Crippen molar-refractivity contribution in [3.8, 4) is 5.75 Å². The lowest BCUT2D eigenvalue weighted by Crippen LogP contribution is -1.97. The van der Waals surface area contributed by atoms with Crippen LogP contribution < -0.4 is 4.74 Å². The lowest BCUT2D eigenvalue weighted by atomic mass is 10.2. The predicted octanol–water partition coefficient (Wildman–Crippen LogP) is 3.65. The molecule has 0 unspecified atom stereocenters. The standard InChI is InChI=1S/C14H17FO3/c1-2-3-4-9-18-12-7-5-11(6-8-12)10-13(15)14(16)17/h5-8,10H,2-4,9H2,1H3,(H,16,17). The normalized spacial score (nSPS) is 11.3. The summed E-state index contributed by atoms with van der Waals surface area (Å²) in [5.41, 5.74) is 0.496. The van der Waals surface area contributed by atoms with Gasteiger partial charge < -0.3 is 9.84 Å². The number of carboxylic acid groups (broad SMARTS) is 1. The maximum atomic E-state index is 12.8. The Labute approximate surface area is 106 Å². The van der Waals surface area contributed by atoms with Crippen molar-refractivity contribution in [2.45, 2.75) is 26.2 Å². The van der Waals surface area contributed by atoms with Gasteiger partial charge in [-0.15, -0.1) is 0 Å². The first kappa shape index (κ1) is 14.2. The van der Waals surface area contributed by atoms with Crippen LogP contribution in [0, 0.1) is 0 Å². The van der Waals surface area contributed by atoms with Gasteiger partial charge in [0.1, 0.15) is 5.75 Å². The Morgan fingerprint density at radius 3 is 2.56 bits per heavy atom. The number of rotatable bonds is 7. The third-order valence-electron chi connectivity index (χ3n) is 2.39. The molecule has 0 amide bonds. The van der Waals surface area contributed by atoms with Gasteiger partial charge in [0.05, 0.1) is 6.61 Å².